The molecule has 0 radical (unpaired) electrons. The average molecular weight is 277 g/mol. The molecular weight excluding hydrogens is 250 g/mol. The molecule has 1 unspecified atom stereocenters. The van der Waals surface area contributed by atoms with Crippen molar-refractivity contribution >= 4 is 11.6 Å². The molecule has 2 rings (SSSR count). The van der Waals surface area contributed by atoms with Crippen molar-refractivity contribution in [3.8, 4) is 0 Å². The van der Waals surface area contributed by atoms with E-state index in [9.17, 15) is 0 Å². The Hall–Kier alpha value is -1.36. The van der Waals surface area contributed by atoms with Crippen LogP contribution in [0.3, 0.4) is 0 Å². The molecule has 2 heterocycles. The lowest BCUT2D eigenvalue weighted by atomic mass is 10.1. The standard InChI is InChI=1S/C15H27N5/c1-4-6-13-14(16-8-5-2)17-11-18-15(13)19-12-7-9-20(3)10-12/h11-12H,4-10H2,1-3H3,(H2,16,17,18,19). The predicted octanol–water partition coefficient (Wildman–Crippen LogP) is 2.37. The number of anilines is 2. The summed E-state index contributed by atoms with van der Waals surface area (Å²) in [7, 11) is 2.17. The monoisotopic (exact) mass is 277 g/mol. The molecule has 0 aliphatic carbocycles. The summed E-state index contributed by atoms with van der Waals surface area (Å²) in [5, 5.41) is 7.03. The molecule has 1 aromatic heterocycles. The number of aromatic nitrogens is 2. The van der Waals surface area contributed by atoms with Gasteiger partial charge in [0.1, 0.15) is 18.0 Å². The van der Waals surface area contributed by atoms with E-state index in [-0.39, 0.29) is 0 Å². The molecule has 0 amide bonds. The number of likely N-dealkylation sites (N-methyl/N-ethyl adjacent to an activating group) is 1. The Morgan fingerprint density at radius 1 is 1.25 bits per heavy atom. The molecule has 5 heteroatoms. The first-order valence-electron chi connectivity index (χ1n) is 7.77. The van der Waals surface area contributed by atoms with Gasteiger partial charge in [-0.1, -0.05) is 20.3 Å². The Morgan fingerprint density at radius 3 is 2.70 bits per heavy atom. The van der Waals surface area contributed by atoms with Gasteiger partial charge in [-0.25, -0.2) is 9.97 Å². The highest BCUT2D eigenvalue weighted by Crippen LogP contribution is 2.23. The normalized spacial score (nSPS) is 19.2. The third-order valence-electron chi connectivity index (χ3n) is 3.72. The maximum Gasteiger partial charge on any atom is 0.134 e. The number of hydrogen-bond donors (Lipinski definition) is 2. The molecule has 0 bridgehead atoms. The second kappa shape index (κ2) is 7.43. The van der Waals surface area contributed by atoms with Gasteiger partial charge in [0, 0.05) is 24.7 Å². The number of nitrogens with one attached hydrogen (secondary N) is 2. The van der Waals surface area contributed by atoms with Crippen molar-refractivity contribution < 1.29 is 0 Å². The van der Waals surface area contributed by atoms with Crippen LogP contribution < -0.4 is 10.6 Å². The number of rotatable bonds is 7. The molecular formula is C15H27N5. The molecule has 0 spiro atoms. The molecule has 2 N–H and O–H groups in total. The third kappa shape index (κ3) is 3.82. The predicted molar refractivity (Wildman–Crippen MR) is 84.3 cm³/mol. The minimum Gasteiger partial charge on any atom is -0.370 e. The first kappa shape index (κ1) is 15.0. The van der Waals surface area contributed by atoms with Crippen molar-refractivity contribution in [3.63, 3.8) is 0 Å². The summed E-state index contributed by atoms with van der Waals surface area (Å²) >= 11 is 0. The van der Waals surface area contributed by atoms with Gasteiger partial charge in [-0.3, -0.25) is 0 Å². The zero-order valence-electron chi connectivity index (χ0n) is 12.9. The Morgan fingerprint density at radius 2 is 2.05 bits per heavy atom. The topological polar surface area (TPSA) is 53.1 Å². The van der Waals surface area contributed by atoms with Crippen LogP contribution in [-0.2, 0) is 6.42 Å². The zero-order valence-corrected chi connectivity index (χ0v) is 12.9. The van der Waals surface area contributed by atoms with Gasteiger partial charge < -0.3 is 15.5 Å². The SMILES string of the molecule is CCCNc1ncnc(NC2CCN(C)C2)c1CCC. The van der Waals surface area contributed by atoms with Crippen LogP contribution in [0.2, 0.25) is 0 Å². The van der Waals surface area contributed by atoms with E-state index in [0.29, 0.717) is 6.04 Å². The van der Waals surface area contributed by atoms with E-state index in [4.69, 9.17) is 0 Å². The summed E-state index contributed by atoms with van der Waals surface area (Å²) in [5.41, 5.74) is 1.23. The fourth-order valence-corrected chi connectivity index (χ4v) is 2.67. The fraction of sp³-hybridized carbons (Fsp3) is 0.733. The van der Waals surface area contributed by atoms with Crippen molar-refractivity contribution in [2.45, 2.75) is 45.6 Å². The van der Waals surface area contributed by atoms with E-state index < -0.39 is 0 Å². The van der Waals surface area contributed by atoms with Crippen LogP contribution in [0.1, 0.15) is 38.7 Å². The Kier molecular flexibility index (Phi) is 5.59. The van der Waals surface area contributed by atoms with E-state index in [1.807, 2.05) is 0 Å². The summed E-state index contributed by atoms with van der Waals surface area (Å²) < 4.78 is 0. The molecule has 1 aliphatic rings. The lowest BCUT2D eigenvalue weighted by molar-refractivity contribution is 0.414. The molecule has 20 heavy (non-hydrogen) atoms. The second-order valence-corrected chi connectivity index (χ2v) is 5.62. The van der Waals surface area contributed by atoms with Crippen LogP contribution in [0.5, 0.6) is 0 Å². The molecule has 1 fully saturated rings. The van der Waals surface area contributed by atoms with E-state index in [0.717, 1.165) is 50.5 Å². The lowest BCUT2D eigenvalue weighted by Crippen LogP contribution is -2.25. The lowest BCUT2D eigenvalue weighted by Gasteiger charge is -2.18. The van der Waals surface area contributed by atoms with Crippen molar-refractivity contribution in [1.82, 2.24) is 14.9 Å². The molecule has 1 aliphatic heterocycles. The van der Waals surface area contributed by atoms with E-state index in [1.165, 1.54) is 12.0 Å². The van der Waals surface area contributed by atoms with Crippen LogP contribution in [0.25, 0.3) is 0 Å². The van der Waals surface area contributed by atoms with Crippen LogP contribution in [0, 0.1) is 0 Å². The minimum atomic E-state index is 0.504. The second-order valence-electron chi connectivity index (χ2n) is 5.62. The quantitative estimate of drug-likeness (QED) is 0.801. The Balaban J connectivity index is 2.13. The maximum absolute atomic E-state index is 4.47. The minimum absolute atomic E-state index is 0.504. The highest BCUT2D eigenvalue weighted by atomic mass is 15.2. The first-order valence-corrected chi connectivity index (χ1v) is 7.77. The third-order valence-corrected chi connectivity index (χ3v) is 3.72. The van der Waals surface area contributed by atoms with Crippen molar-refractivity contribution in [2.24, 2.45) is 0 Å². The van der Waals surface area contributed by atoms with Gasteiger partial charge in [-0.2, -0.15) is 0 Å². The number of hydrogen-bond acceptors (Lipinski definition) is 5. The first-order chi connectivity index (χ1) is 9.74. The summed E-state index contributed by atoms with van der Waals surface area (Å²) in [6.07, 6.45) is 6.07. The summed E-state index contributed by atoms with van der Waals surface area (Å²) in [5.74, 6) is 2.01. The summed E-state index contributed by atoms with van der Waals surface area (Å²) in [6.45, 7) is 7.57. The van der Waals surface area contributed by atoms with E-state index >= 15 is 0 Å². The highest BCUT2D eigenvalue weighted by molar-refractivity contribution is 5.58. The highest BCUT2D eigenvalue weighted by Gasteiger charge is 2.21. The molecule has 1 aromatic rings. The number of likely N-dealkylation sites (tertiary alicyclic amines) is 1. The van der Waals surface area contributed by atoms with Gasteiger partial charge in [0.2, 0.25) is 0 Å². The maximum atomic E-state index is 4.47. The van der Waals surface area contributed by atoms with Gasteiger partial charge in [0.25, 0.3) is 0 Å². The van der Waals surface area contributed by atoms with Gasteiger partial charge in [-0.05, 0) is 32.9 Å². The molecule has 112 valence electrons. The smallest absolute Gasteiger partial charge is 0.134 e. The summed E-state index contributed by atoms with van der Waals surface area (Å²) in [6, 6.07) is 0.504. The van der Waals surface area contributed by atoms with Crippen LogP contribution >= 0.6 is 0 Å². The molecule has 1 saturated heterocycles. The van der Waals surface area contributed by atoms with Crippen LogP contribution in [-0.4, -0.2) is 47.6 Å². The van der Waals surface area contributed by atoms with Crippen LogP contribution in [0.15, 0.2) is 6.33 Å². The fourth-order valence-electron chi connectivity index (χ4n) is 2.67. The van der Waals surface area contributed by atoms with Crippen LogP contribution in [0.4, 0.5) is 11.6 Å². The number of nitrogens with zero attached hydrogens (tertiary/aromatic N) is 3. The van der Waals surface area contributed by atoms with E-state index in [1.54, 1.807) is 6.33 Å². The van der Waals surface area contributed by atoms with Crippen molar-refractivity contribution in [3.05, 3.63) is 11.9 Å². The van der Waals surface area contributed by atoms with Gasteiger partial charge in [-0.15, -0.1) is 0 Å². The van der Waals surface area contributed by atoms with Gasteiger partial charge in [0.05, 0.1) is 0 Å². The molecule has 1 atom stereocenters. The Bertz CT molecular complexity index is 421. The Labute approximate surface area is 122 Å². The average Bonchev–Trinajstić information content (AvgIpc) is 2.85. The van der Waals surface area contributed by atoms with Gasteiger partial charge >= 0.3 is 0 Å². The molecule has 5 nitrogen and oxygen atoms in total. The zero-order chi connectivity index (χ0) is 14.4. The van der Waals surface area contributed by atoms with Gasteiger partial charge in [0.15, 0.2) is 0 Å². The summed E-state index contributed by atoms with van der Waals surface area (Å²) in [4.78, 5) is 11.2. The van der Waals surface area contributed by atoms with Crippen molar-refractivity contribution in [2.75, 3.05) is 37.3 Å². The largest absolute Gasteiger partial charge is 0.370 e. The molecule has 0 aromatic carbocycles. The van der Waals surface area contributed by atoms with E-state index in [2.05, 4.69) is 46.4 Å². The molecule has 0 saturated carbocycles. The van der Waals surface area contributed by atoms with Crippen molar-refractivity contribution in [1.29, 1.82) is 0 Å².